The molecule has 1 fully saturated rings. The van der Waals surface area contributed by atoms with E-state index in [1.807, 2.05) is 0 Å². The number of rotatable bonds is 6. The zero-order valence-electron chi connectivity index (χ0n) is 16.2. The smallest absolute Gasteiger partial charge is 0.337 e. The first kappa shape index (κ1) is 21.3. The van der Waals surface area contributed by atoms with E-state index in [-0.39, 0.29) is 35.0 Å². The summed E-state index contributed by atoms with van der Waals surface area (Å²) in [5, 5.41) is 18.5. The van der Waals surface area contributed by atoms with Crippen LogP contribution in [-0.2, 0) is 19.6 Å². The van der Waals surface area contributed by atoms with Crippen LogP contribution in [0, 0.1) is 19.8 Å². The molecule has 0 spiro atoms. The Bertz CT molecular complexity index is 1140. The van der Waals surface area contributed by atoms with Crippen molar-refractivity contribution in [2.45, 2.75) is 25.2 Å². The van der Waals surface area contributed by atoms with Crippen molar-refractivity contribution in [2.24, 2.45) is 5.92 Å². The van der Waals surface area contributed by atoms with Gasteiger partial charge in [0.25, 0.3) is 10.0 Å². The second kappa shape index (κ2) is 7.79. The number of carbonyl (C=O) groups excluding carboxylic acids is 1. The number of carboxylic acids is 2. The summed E-state index contributed by atoms with van der Waals surface area (Å²) >= 11 is 0. The van der Waals surface area contributed by atoms with E-state index in [4.69, 9.17) is 5.11 Å². The SMILES string of the molecule is Cc1cc(C)c(NS(=O)(=O)c2ccc(N3CC(C(=O)O)CC3=O)cc2)c(C(=O)O)c1. The molecule has 0 saturated carbocycles. The van der Waals surface area contributed by atoms with Gasteiger partial charge in [0, 0.05) is 18.7 Å². The number of hydrogen-bond donors (Lipinski definition) is 3. The van der Waals surface area contributed by atoms with Gasteiger partial charge in [0.15, 0.2) is 0 Å². The van der Waals surface area contributed by atoms with Gasteiger partial charge in [-0.05, 0) is 55.3 Å². The summed E-state index contributed by atoms with van der Waals surface area (Å²) in [6.45, 7) is 3.34. The number of hydrogen-bond acceptors (Lipinski definition) is 5. The van der Waals surface area contributed by atoms with Gasteiger partial charge >= 0.3 is 11.9 Å². The van der Waals surface area contributed by atoms with Crippen molar-refractivity contribution in [2.75, 3.05) is 16.2 Å². The highest BCUT2D eigenvalue weighted by Gasteiger charge is 2.35. The average Bonchev–Trinajstić information content (AvgIpc) is 3.05. The van der Waals surface area contributed by atoms with Crippen molar-refractivity contribution in [3.05, 3.63) is 53.1 Å². The highest BCUT2D eigenvalue weighted by Crippen LogP contribution is 2.29. The highest BCUT2D eigenvalue weighted by atomic mass is 32.2. The number of aryl methyl sites for hydroxylation is 2. The lowest BCUT2D eigenvalue weighted by atomic mass is 10.0. The van der Waals surface area contributed by atoms with Gasteiger partial charge in [0.1, 0.15) is 0 Å². The van der Waals surface area contributed by atoms with Crippen LogP contribution >= 0.6 is 0 Å². The number of anilines is 2. The summed E-state index contributed by atoms with van der Waals surface area (Å²) in [7, 11) is -4.09. The van der Waals surface area contributed by atoms with E-state index < -0.39 is 27.9 Å². The topological polar surface area (TPSA) is 141 Å². The Labute approximate surface area is 173 Å². The van der Waals surface area contributed by atoms with E-state index >= 15 is 0 Å². The molecular weight excluding hydrogens is 412 g/mol. The zero-order valence-corrected chi connectivity index (χ0v) is 17.1. The molecule has 1 heterocycles. The van der Waals surface area contributed by atoms with Gasteiger partial charge in [0.05, 0.1) is 22.1 Å². The first-order chi connectivity index (χ1) is 14.0. The van der Waals surface area contributed by atoms with Gasteiger partial charge in [0.2, 0.25) is 5.91 Å². The van der Waals surface area contributed by atoms with Crippen LogP contribution in [0.25, 0.3) is 0 Å². The molecule has 0 aromatic heterocycles. The summed E-state index contributed by atoms with van der Waals surface area (Å²) in [5.74, 6) is -3.47. The van der Waals surface area contributed by atoms with Crippen LogP contribution in [0.4, 0.5) is 11.4 Å². The molecular formula is C20H20N2O7S. The second-order valence-corrected chi connectivity index (χ2v) is 8.83. The Morgan fingerprint density at radius 1 is 1.10 bits per heavy atom. The molecule has 1 unspecified atom stereocenters. The quantitative estimate of drug-likeness (QED) is 0.636. The summed E-state index contributed by atoms with van der Waals surface area (Å²) in [4.78, 5) is 35.9. The fourth-order valence-electron chi connectivity index (χ4n) is 3.39. The third-order valence-electron chi connectivity index (χ3n) is 4.88. The molecule has 0 bridgehead atoms. The van der Waals surface area contributed by atoms with Crippen LogP contribution in [0.15, 0.2) is 41.3 Å². The van der Waals surface area contributed by atoms with E-state index in [0.717, 1.165) is 0 Å². The molecule has 1 aliphatic heterocycles. The summed E-state index contributed by atoms with van der Waals surface area (Å²) in [6.07, 6.45) is -0.110. The van der Waals surface area contributed by atoms with Gasteiger partial charge in [-0.1, -0.05) is 6.07 Å². The van der Waals surface area contributed by atoms with Crippen molar-refractivity contribution in [1.82, 2.24) is 0 Å². The Balaban J connectivity index is 1.88. The number of amides is 1. The molecule has 1 amide bonds. The normalized spacial score (nSPS) is 16.5. The number of carboxylic acid groups (broad SMARTS) is 2. The zero-order chi connectivity index (χ0) is 22.2. The standard InChI is InChI=1S/C20H20N2O7S/c1-11-7-12(2)18(16(8-11)20(26)27)21-30(28,29)15-5-3-14(4-6-15)22-10-13(19(24)25)9-17(22)23/h3-8,13,21H,9-10H2,1-2H3,(H,24,25)(H,26,27). The monoisotopic (exact) mass is 432 g/mol. The number of sulfonamides is 1. The molecule has 10 heteroatoms. The minimum absolute atomic E-state index is 0.0169. The third-order valence-corrected chi connectivity index (χ3v) is 6.25. The predicted octanol–water partition coefficient (Wildman–Crippen LogP) is 2.24. The second-order valence-electron chi connectivity index (χ2n) is 7.15. The molecule has 1 saturated heterocycles. The number of carbonyl (C=O) groups is 3. The van der Waals surface area contributed by atoms with Crippen LogP contribution in [0.5, 0.6) is 0 Å². The molecule has 0 radical (unpaired) electrons. The molecule has 2 aromatic carbocycles. The van der Waals surface area contributed by atoms with Crippen LogP contribution in [-0.4, -0.2) is 43.0 Å². The Morgan fingerprint density at radius 3 is 2.27 bits per heavy atom. The first-order valence-corrected chi connectivity index (χ1v) is 10.5. The number of nitrogens with zero attached hydrogens (tertiary/aromatic N) is 1. The van der Waals surface area contributed by atoms with Crippen molar-refractivity contribution in [3.8, 4) is 0 Å². The van der Waals surface area contributed by atoms with E-state index in [1.165, 1.54) is 35.2 Å². The lowest BCUT2D eigenvalue weighted by molar-refractivity contribution is -0.141. The maximum atomic E-state index is 12.8. The van der Waals surface area contributed by atoms with E-state index in [1.54, 1.807) is 19.9 Å². The molecule has 3 N–H and O–H groups in total. The van der Waals surface area contributed by atoms with Crippen molar-refractivity contribution >= 4 is 39.2 Å². The van der Waals surface area contributed by atoms with Crippen LogP contribution in [0.1, 0.15) is 27.9 Å². The fraction of sp³-hybridized carbons (Fsp3) is 0.250. The number of nitrogens with one attached hydrogen (secondary N) is 1. The van der Waals surface area contributed by atoms with Crippen molar-refractivity contribution in [1.29, 1.82) is 0 Å². The molecule has 9 nitrogen and oxygen atoms in total. The predicted molar refractivity (Wildman–Crippen MR) is 108 cm³/mol. The molecule has 3 rings (SSSR count). The minimum atomic E-state index is -4.09. The molecule has 1 atom stereocenters. The van der Waals surface area contributed by atoms with Crippen LogP contribution in [0.2, 0.25) is 0 Å². The van der Waals surface area contributed by atoms with E-state index in [2.05, 4.69) is 4.72 Å². The fourth-order valence-corrected chi connectivity index (χ4v) is 4.54. The van der Waals surface area contributed by atoms with Crippen LogP contribution < -0.4 is 9.62 Å². The first-order valence-electron chi connectivity index (χ1n) is 9.00. The third kappa shape index (κ3) is 4.13. The van der Waals surface area contributed by atoms with Gasteiger partial charge in [-0.3, -0.25) is 14.3 Å². The average molecular weight is 432 g/mol. The molecule has 1 aliphatic rings. The van der Waals surface area contributed by atoms with Gasteiger partial charge in [-0.2, -0.15) is 0 Å². The van der Waals surface area contributed by atoms with Gasteiger partial charge in [-0.25, -0.2) is 13.2 Å². The van der Waals surface area contributed by atoms with Crippen LogP contribution in [0.3, 0.4) is 0 Å². The lowest BCUT2D eigenvalue weighted by Gasteiger charge is -2.17. The van der Waals surface area contributed by atoms with Gasteiger partial charge in [-0.15, -0.1) is 0 Å². The number of benzene rings is 2. The maximum Gasteiger partial charge on any atom is 0.337 e. The largest absolute Gasteiger partial charge is 0.481 e. The molecule has 30 heavy (non-hydrogen) atoms. The van der Waals surface area contributed by atoms with Gasteiger partial charge < -0.3 is 15.1 Å². The minimum Gasteiger partial charge on any atom is -0.481 e. The van der Waals surface area contributed by atoms with E-state index in [0.29, 0.717) is 16.8 Å². The summed E-state index contributed by atoms with van der Waals surface area (Å²) in [6, 6.07) is 8.44. The number of aromatic carboxylic acids is 1. The van der Waals surface area contributed by atoms with Crippen molar-refractivity contribution in [3.63, 3.8) is 0 Å². The van der Waals surface area contributed by atoms with Crippen molar-refractivity contribution < 1.29 is 33.0 Å². The maximum absolute atomic E-state index is 12.8. The molecule has 2 aromatic rings. The molecule has 0 aliphatic carbocycles. The summed E-state index contributed by atoms with van der Waals surface area (Å²) in [5.41, 5.74) is 1.37. The highest BCUT2D eigenvalue weighted by molar-refractivity contribution is 7.92. The summed E-state index contributed by atoms with van der Waals surface area (Å²) < 4.78 is 27.9. The lowest BCUT2D eigenvalue weighted by Crippen LogP contribution is -2.25. The Morgan fingerprint density at radius 2 is 1.73 bits per heavy atom. The molecule has 158 valence electrons. The number of aliphatic carboxylic acids is 1. The Kier molecular flexibility index (Phi) is 5.53. The van der Waals surface area contributed by atoms with E-state index in [9.17, 15) is 27.9 Å². The Hall–Kier alpha value is -3.40.